The van der Waals surface area contributed by atoms with Crippen molar-refractivity contribution in [2.24, 2.45) is 0 Å². The smallest absolute Gasteiger partial charge is 0.263 e. The number of H-pyrrole nitrogens is 1. The Morgan fingerprint density at radius 3 is 2.88 bits per heavy atom. The third-order valence-electron chi connectivity index (χ3n) is 3.86. The van der Waals surface area contributed by atoms with E-state index in [1.165, 1.54) is 0 Å². The minimum Gasteiger partial charge on any atom is -0.467 e. The van der Waals surface area contributed by atoms with Crippen molar-refractivity contribution in [3.05, 3.63) is 75.6 Å². The van der Waals surface area contributed by atoms with E-state index in [1.54, 1.807) is 29.0 Å². The molecule has 5 nitrogen and oxygen atoms in total. The molecular weight excluding hydrogens is 326 g/mol. The number of nitrogens with one attached hydrogen (secondary N) is 1. The van der Waals surface area contributed by atoms with Crippen LogP contribution < -0.4 is 5.56 Å². The molecule has 1 aromatic carbocycles. The summed E-state index contributed by atoms with van der Waals surface area (Å²) in [5.74, 6) is 1.24. The molecule has 24 heavy (non-hydrogen) atoms. The summed E-state index contributed by atoms with van der Waals surface area (Å²) < 4.78 is 7.01. The van der Waals surface area contributed by atoms with Crippen LogP contribution in [0.3, 0.4) is 0 Å². The van der Waals surface area contributed by atoms with Gasteiger partial charge in [-0.25, -0.2) is 4.98 Å². The quantitative estimate of drug-likeness (QED) is 0.613. The molecule has 0 radical (unpaired) electrons. The van der Waals surface area contributed by atoms with Gasteiger partial charge in [0.2, 0.25) is 0 Å². The maximum Gasteiger partial charge on any atom is 0.263 e. The minimum absolute atomic E-state index is 0.115. The molecule has 0 unspecified atom stereocenters. The fraction of sp³-hybridized carbons (Fsp3) is 0.111. The van der Waals surface area contributed by atoms with E-state index in [-0.39, 0.29) is 5.56 Å². The van der Waals surface area contributed by atoms with Gasteiger partial charge in [0.1, 0.15) is 17.2 Å². The number of fused-ring (bicyclic) bond motifs is 1. The van der Waals surface area contributed by atoms with Gasteiger partial charge in [-0.2, -0.15) is 0 Å². The van der Waals surface area contributed by atoms with Crippen LogP contribution in [-0.4, -0.2) is 14.5 Å². The first-order valence-electron chi connectivity index (χ1n) is 7.50. The Labute approximate surface area is 142 Å². The van der Waals surface area contributed by atoms with Gasteiger partial charge in [0.25, 0.3) is 5.56 Å². The molecule has 0 atom stereocenters. The lowest BCUT2D eigenvalue weighted by Gasteiger charge is -2.11. The fourth-order valence-electron chi connectivity index (χ4n) is 2.79. The van der Waals surface area contributed by atoms with E-state index in [4.69, 9.17) is 16.0 Å². The van der Waals surface area contributed by atoms with Crippen molar-refractivity contribution in [3.63, 3.8) is 0 Å². The lowest BCUT2D eigenvalue weighted by atomic mass is 10.2. The van der Waals surface area contributed by atoms with Crippen LogP contribution in [0, 0.1) is 6.92 Å². The second kappa shape index (κ2) is 5.69. The van der Waals surface area contributed by atoms with Crippen molar-refractivity contribution in [3.8, 4) is 11.4 Å². The standard InChI is InChI=1S/C18H14ClN3O2/c1-11-8-15-16(20-11)21-17(12-4-2-5-13(19)9-12)22(18(15)23)10-14-6-3-7-24-14/h2-9,20H,10H2,1H3. The highest BCUT2D eigenvalue weighted by atomic mass is 35.5. The summed E-state index contributed by atoms with van der Waals surface area (Å²) in [6.45, 7) is 2.21. The Morgan fingerprint density at radius 1 is 1.25 bits per heavy atom. The molecule has 1 N–H and O–H groups in total. The molecule has 0 fully saturated rings. The van der Waals surface area contributed by atoms with E-state index in [2.05, 4.69) is 9.97 Å². The summed E-state index contributed by atoms with van der Waals surface area (Å²) in [4.78, 5) is 20.8. The predicted molar refractivity (Wildman–Crippen MR) is 93.3 cm³/mol. The maximum absolute atomic E-state index is 13.0. The fourth-order valence-corrected chi connectivity index (χ4v) is 2.98. The number of aromatic amines is 1. The Bertz CT molecular complexity index is 1080. The maximum atomic E-state index is 13.0. The second-order valence-corrected chi connectivity index (χ2v) is 6.07. The van der Waals surface area contributed by atoms with Gasteiger partial charge in [-0.1, -0.05) is 23.7 Å². The van der Waals surface area contributed by atoms with Crippen molar-refractivity contribution in [1.82, 2.24) is 14.5 Å². The van der Waals surface area contributed by atoms with Crippen molar-refractivity contribution in [2.75, 3.05) is 0 Å². The zero-order valence-corrected chi connectivity index (χ0v) is 13.7. The average Bonchev–Trinajstić information content (AvgIpc) is 3.19. The molecule has 4 aromatic rings. The lowest BCUT2D eigenvalue weighted by molar-refractivity contribution is 0.490. The molecule has 0 aliphatic carbocycles. The van der Waals surface area contributed by atoms with Crippen LogP contribution in [0.4, 0.5) is 0 Å². The van der Waals surface area contributed by atoms with Gasteiger partial charge < -0.3 is 9.40 Å². The number of halogens is 1. The predicted octanol–water partition coefficient (Wildman–Crippen LogP) is 3.99. The highest BCUT2D eigenvalue weighted by molar-refractivity contribution is 6.30. The van der Waals surface area contributed by atoms with E-state index >= 15 is 0 Å². The van der Waals surface area contributed by atoms with Gasteiger partial charge in [0.15, 0.2) is 0 Å². The summed E-state index contributed by atoms with van der Waals surface area (Å²) in [5.41, 5.74) is 2.13. The zero-order valence-electron chi connectivity index (χ0n) is 12.9. The molecule has 3 aromatic heterocycles. The van der Waals surface area contributed by atoms with Crippen molar-refractivity contribution < 1.29 is 4.42 Å². The summed E-state index contributed by atoms with van der Waals surface area (Å²) in [6, 6.07) is 12.7. The SMILES string of the molecule is Cc1cc2c(=O)n(Cc3ccco3)c(-c3cccc(Cl)c3)nc2[nH]1. The van der Waals surface area contributed by atoms with Crippen LogP contribution in [0.2, 0.25) is 5.02 Å². The van der Waals surface area contributed by atoms with Gasteiger partial charge in [0.05, 0.1) is 18.2 Å². The number of hydrogen-bond acceptors (Lipinski definition) is 3. The van der Waals surface area contributed by atoms with Gasteiger partial charge in [0, 0.05) is 16.3 Å². The number of nitrogens with zero attached hydrogens (tertiary/aromatic N) is 2. The molecular formula is C18H14ClN3O2. The third kappa shape index (κ3) is 2.53. The molecule has 6 heteroatoms. The number of rotatable bonds is 3. The summed E-state index contributed by atoms with van der Waals surface area (Å²) >= 11 is 6.11. The zero-order chi connectivity index (χ0) is 16.7. The van der Waals surface area contributed by atoms with Gasteiger partial charge in [-0.15, -0.1) is 0 Å². The highest BCUT2D eigenvalue weighted by Gasteiger charge is 2.15. The number of hydrogen-bond donors (Lipinski definition) is 1. The van der Waals surface area contributed by atoms with E-state index in [9.17, 15) is 4.79 Å². The second-order valence-electron chi connectivity index (χ2n) is 5.63. The molecule has 0 saturated carbocycles. The van der Waals surface area contributed by atoms with E-state index < -0.39 is 0 Å². The molecule has 0 amide bonds. The normalized spacial score (nSPS) is 11.2. The van der Waals surface area contributed by atoms with E-state index in [0.717, 1.165) is 11.3 Å². The molecule has 0 saturated heterocycles. The third-order valence-corrected chi connectivity index (χ3v) is 4.09. The summed E-state index contributed by atoms with van der Waals surface area (Å²) in [5, 5.41) is 1.15. The number of furan rings is 1. The molecule has 0 aliphatic heterocycles. The first-order chi connectivity index (χ1) is 11.6. The van der Waals surface area contributed by atoms with Crippen molar-refractivity contribution in [1.29, 1.82) is 0 Å². The van der Waals surface area contributed by atoms with E-state index in [1.807, 2.05) is 31.2 Å². The summed E-state index contributed by atoms with van der Waals surface area (Å²) in [6.07, 6.45) is 1.59. The molecule has 3 heterocycles. The van der Waals surface area contributed by atoms with Gasteiger partial charge in [-0.05, 0) is 37.3 Å². The van der Waals surface area contributed by atoms with Crippen LogP contribution in [0.5, 0.6) is 0 Å². The largest absolute Gasteiger partial charge is 0.467 e. The van der Waals surface area contributed by atoms with E-state index in [0.29, 0.717) is 34.2 Å². The highest BCUT2D eigenvalue weighted by Crippen LogP contribution is 2.23. The topological polar surface area (TPSA) is 63.8 Å². The van der Waals surface area contributed by atoms with Crippen molar-refractivity contribution >= 4 is 22.6 Å². The first-order valence-corrected chi connectivity index (χ1v) is 7.88. The van der Waals surface area contributed by atoms with Crippen LogP contribution in [0.25, 0.3) is 22.4 Å². The first kappa shape index (κ1) is 14.8. The Hall–Kier alpha value is -2.79. The average molecular weight is 340 g/mol. The summed E-state index contributed by atoms with van der Waals surface area (Å²) in [7, 11) is 0. The minimum atomic E-state index is -0.115. The van der Waals surface area contributed by atoms with Gasteiger partial charge >= 0.3 is 0 Å². The Morgan fingerprint density at radius 2 is 2.12 bits per heavy atom. The Kier molecular flexibility index (Phi) is 3.50. The number of aryl methyl sites for hydroxylation is 1. The van der Waals surface area contributed by atoms with Crippen LogP contribution in [0.1, 0.15) is 11.5 Å². The lowest BCUT2D eigenvalue weighted by Crippen LogP contribution is -2.23. The molecule has 0 spiro atoms. The Balaban J connectivity index is 2.00. The molecule has 120 valence electrons. The molecule has 0 aliphatic rings. The molecule has 4 rings (SSSR count). The molecule has 0 bridgehead atoms. The van der Waals surface area contributed by atoms with Crippen molar-refractivity contribution in [2.45, 2.75) is 13.5 Å². The number of benzene rings is 1. The van der Waals surface area contributed by atoms with Crippen LogP contribution in [0.15, 0.2) is 57.9 Å². The van der Waals surface area contributed by atoms with Crippen LogP contribution in [-0.2, 0) is 6.54 Å². The monoisotopic (exact) mass is 339 g/mol. The van der Waals surface area contributed by atoms with Gasteiger partial charge in [-0.3, -0.25) is 9.36 Å². The number of aromatic nitrogens is 3. The van der Waals surface area contributed by atoms with Crippen LogP contribution >= 0.6 is 11.6 Å².